The topological polar surface area (TPSA) is 224 Å². The average Bonchev–Trinajstić information content (AvgIpc) is 3.34. The highest BCUT2D eigenvalue weighted by Gasteiger charge is 2.29. The molecule has 218 valence electrons. The average molecular weight is 568 g/mol. The molecule has 0 bridgehead atoms. The Bertz CT molecular complexity index is 1400. The van der Waals surface area contributed by atoms with Gasteiger partial charge in [-0.1, -0.05) is 30.3 Å². The SMILES string of the molecule is CC(NC(=O)C(Cc1ccc(O)cc1)NC(=O)C(N)CCC(=O)O)C(=O)NC(Cc1c[nH]c2ccccc12)C(=O)O. The molecule has 4 atom stereocenters. The van der Waals surface area contributed by atoms with E-state index in [9.17, 15) is 34.2 Å². The van der Waals surface area contributed by atoms with Crippen LogP contribution in [-0.4, -0.2) is 74.1 Å². The Morgan fingerprint density at radius 2 is 1.51 bits per heavy atom. The highest BCUT2D eigenvalue weighted by atomic mass is 16.4. The number of aliphatic carboxylic acids is 2. The number of amides is 3. The third-order valence-corrected chi connectivity index (χ3v) is 6.48. The lowest BCUT2D eigenvalue weighted by Crippen LogP contribution is -2.57. The van der Waals surface area contributed by atoms with E-state index in [1.165, 1.54) is 19.1 Å². The Balaban J connectivity index is 1.68. The number of carboxylic acid groups (broad SMARTS) is 2. The number of hydrogen-bond acceptors (Lipinski definition) is 7. The van der Waals surface area contributed by atoms with Gasteiger partial charge in [-0.05, 0) is 42.7 Å². The molecule has 4 unspecified atom stereocenters. The first-order chi connectivity index (χ1) is 19.4. The number of aromatic nitrogens is 1. The molecule has 13 nitrogen and oxygen atoms in total. The zero-order valence-electron chi connectivity index (χ0n) is 22.3. The van der Waals surface area contributed by atoms with Gasteiger partial charge in [0.1, 0.15) is 23.9 Å². The van der Waals surface area contributed by atoms with E-state index in [1.807, 2.05) is 24.3 Å². The monoisotopic (exact) mass is 567 g/mol. The van der Waals surface area contributed by atoms with Gasteiger partial charge < -0.3 is 42.0 Å². The Morgan fingerprint density at radius 3 is 2.17 bits per heavy atom. The predicted molar refractivity (Wildman–Crippen MR) is 148 cm³/mol. The van der Waals surface area contributed by atoms with Gasteiger partial charge in [0.2, 0.25) is 17.7 Å². The molecular weight excluding hydrogens is 534 g/mol. The molecule has 3 rings (SSSR count). The maximum Gasteiger partial charge on any atom is 0.326 e. The van der Waals surface area contributed by atoms with E-state index in [2.05, 4.69) is 20.9 Å². The summed E-state index contributed by atoms with van der Waals surface area (Å²) in [4.78, 5) is 64.5. The van der Waals surface area contributed by atoms with Crippen LogP contribution in [0.1, 0.15) is 30.9 Å². The van der Waals surface area contributed by atoms with Gasteiger partial charge in [-0.15, -0.1) is 0 Å². The first-order valence-electron chi connectivity index (χ1n) is 12.9. The number of benzene rings is 2. The van der Waals surface area contributed by atoms with Gasteiger partial charge in [0, 0.05) is 36.4 Å². The first-order valence-corrected chi connectivity index (χ1v) is 12.9. The number of phenolic OH excluding ortho intramolecular Hbond substituents is 1. The number of hydrogen-bond donors (Lipinski definition) is 8. The van der Waals surface area contributed by atoms with Gasteiger partial charge in [-0.2, -0.15) is 0 Å². The fourth-order valence-corrected chi connectivity index (χ4v) is 4.16. The number of carbonyl (C=O) groups is 5. The van der Waals surface area contributed by atoms with E-state index in [1.54, 1.807) is 18.3 Å². The summed E-state index contributed by atoms with van der Waals surface area (Å²) in [7, 11) is 0. The third-order valence-electron chi connectivity index (χ3n) is 6.48. The van der Waals surface area contributed by atoms with Crippen molar-refractivity contribution < 1.29 is 39.3 Å². The van der Waals surface area contributed by atoms with Crippen molar-refractivity contribution in [2.45, 2.75) is 56.8 Å². The Kier molecular flexibility index (Phi) is 10.4. The molecule has 0 aliphatic rings. The Morgan fingerprint density at radius 1 is 0.854 bits per heavy atom. The van der Waals surface area contributed by atoms with E-state index in [-0.39, 0.29) is 31.4 Å². The van der Waals surface area contributed by atoms with Gasteiger partial charge in [0.05, 0.1) is 6.04 Å². The third kappa shape index (κ3) is 8.80. The highest BCUT2D eigenvalue weighted by molar-refractivity contribution is 5.94. The van der Waals surface area contributed by atoms with Crippen LogP contribution in [0, 0.1) is 0 Å². The number of phenols is 1. The van der Waals surface area contributed by atoms with Crippen molar-refractivity contribution in [3.63, 3.8) is 0 Å². The van der Waals surface area contributed by atoms with E-state index >= 15 is 0 Å². The number of para-hydroxylation sites is 1. The number of fused-ring (bicyclic) bond motifs is 1. The van der Waals surface area contributed by atoms with Crippen LogP contribution in [0.15, 0.2) is 54.7 Å². The summed E-state index contributed by atoms with van der Waals surface area (Å²) < 4.78 is 0. The van der Waals surface area contributed by atoms with Crippen LogP contribution in [-0.2, 0) is 36.8 Å². The standard InChI is InChI=1S/C28H33N5O8/c1-15(25(37)33-23(28(40)41)13-17-14-30-21-5-3-2-4-19(17)21)31-27(39)22(12-16-6-8-18(34)9-7-16)32-26(38)20(29)10-11-24(35)36/h2-9,14-15,20,22-23,30,34H,10-13,29H2,1H3,(H,31,39)(H,32,38)(H,33,37)(H,35,36)(H,40,41). The molecule has 2 aromatic carbocycles. The Labute approximate surface area is 235 Å². The van der Waals surface area contributed by atoms with Crippen molar-refractivity contribution in [1.82, 2.24) is 20.9 Å². The fraction of sp³-hybridized carbons (Fsp3) is 0.321. The van der Waals surface area contributed by atoms with Crippen LogP contribution in [0.3, 0.4) is 0 Å². The summed E-state index contributed by atoms with van der Waals surface area (Å²) in [6, 6.07) is 8.38. The number of H-pyrrole nitrogens is 1. The van der Waals surface area contributed by atoms with Crippen molar-refractivity contribution in [3.05, 3.63) is 65.9 Å². The van der Waals surface area contributed by atoms with E-state index in [0.717, 1.165) is 10.9 Å². The van der Waals surface area contributed by atoms with Crippen LogP contribution in [0.5, 0.6) is 5.75 Å². The van der Waals surface area contributed by atoms with Gasteiger partial charge in [0.25, 0.3) is 0 Å². The van der Waals surface area contributed by atoms with Crippen LogP contribution < -0.4 is 21.7 Å². The minimum absolute atomic E-state index is 0.000365. The molecule has 0 saturated heterocycles. The van der Waals surface area contributed by atoms with Gasteiger partial charge in [-0.25, -0.2) is 4.79 Å². The molecule has 0 saturated carbocycles. The van der Waals surface area contributed by atoms with Crippen LogP contribution >= 0.6 is 0 Å². The largest absolute Gasteiger partial charge is 0.508 e. The molecule has 3 aromatic rings. The summed E-state index contributed by atoms with van der Waals surface area (Å²) >= 11 is 0. The normalized spacial score (nSPS) is 13.9. The van der Waals surface area contributed by atoms with E-state index in [0.29, 0.717) is 11.1 Å². The maximum atomic E-state index is 13.2. The summed E-state index contributed by atoms with van der Waals surface area (Å²) in [5, 5.41) is 36.4. The number of aromatic hydroxyl groups is 1. The maximum absolute atomic E-state index is 13.2. The minimum Gasteiger partial charge on any atom is -0.508 e. The molecule has 9 N–H and O–H groups in total. The van der Waals surface area contributed by atoms with Crippen molar-refractivity contribution in [2.75, 3.05) is 0 Å². The molecule has 0 aliphatic carbocycles. The Hall–Kier alpha value is -4.91. The second-order valence-electron chi connectivity index (χ2n) is 9.66. The molecule has 0 radical (unpaired) electrons. The first kappa shape index (κ1) is 30.6. The van der Waals surface area contributed by atoms with Crippen molar-refractivity contribution in [2.24, 2.45) is 5.73 Å². The molecule has 13 heteroatoms. The second kappa shape index (κ2) is 13.9. The molecular formula is C28H33N5O8. The molecule has 0 fully saturated rings. The molecule has 1 aromatic heterocycles. The fourth-order valence-electron chi connectivity index (χ4n) is 4.16. The second-order valence-corrected chi connectivity index (χ2v) is 9.66. The number of nitrogens with one attached hydrogen (secondary N) is 4. The number of carbonyl (C=O) groups excluding carboxylic acids is 3. The van der Waals surface area contributed by atoms with Crippen molar-refractivity contribution in [1.29, 1.82) is 0 Å². The lowest BCUT2D eigenvalue weighted by atomic mass is 10.0. The lowest BCUT2D eigenvalue weighted by Gasteiger charge is -2.23. The molecule has 41 heavy (non-hydrogen) atoms. The number of carboxylic acids is 2. The minimum atomic E-state index is -1.28. The summed E-state index contributed by atoms with van der Waals surface area (Å²) in [6.45, 7) is 1.37. The number of nitrogens with two attached hydrogens (primary N) is 1. The van der Waals surface area contributed by atoms with Crippen molar-refractivity contribution in [3.8, 4) is 5.75 Å². The molecule has 3 amide bonds. The smallest absolute Gasteiger partial charge is 0.326 e. The summed E-state index contributed by atoms with van der Waals surface area (Å²) in [5.41, 5.74) is 7.88. The predicted octanol–water partition coefficient (Wildman–Crippen LogP) is 0.410. The van der Waals surface area contributed by atoms with Crippen LogP contribution in [0.4, 0.5) is 0 Å². The lowest BCUT2D eigenvalue weighted by molar-refractivity contribution is -0.142. The highest BCUT2D eigenvalue weighted by Crippen LogP contribution is 2.19. The molecule has 1 heterocycles. The van der Waals surface area contributed by atoms with Gasteiger partial charge in [-0.3, -0.25) is 19.2 Å². The summed E-state index contributed by atoms with van der Waals surface area (Å²) in [5.74, 6) is -4.64. The van der Waals surface area contributed by atoms with Crippen LogP contribution in [0.2, 0.25) is 0 Å². The molecule has 0 aliphatic heterocycles. The van der Waals surface area contributed by atoms with Crippen LogP contribution in [0.25, 0.3) is 10.9 Å². The van der Waals surface area contributed by atoms with Gasteiger partial charge >= 0.3 is 11.9 Å². The zero-order chi connectivity index (χ0) is 30.1. The number of rotatable bonds is 14. The zero-order valence-corrected chi connectivity index (χ0v) is 22.3. The van der Waals surface area contributed by atoms with Crippen molar-refractivity contribution >= 4 is 40.6 Å². The van der Waals surface area contributed by atoms with Gasteiger partial charge in [0.15, 0.2) is 0 Å². The molecule has 0 spiro atoms. The van der Waals surface area contributed by atoms with E-state index in [4.69, 9.17) is 10.8 Å². The number of aromatic amines is 1. The van der Waals surface area contributed by atoms with E-state index < -0.39 is 53.8 Å². The quantitative estimate of drug-likeness (QED) is 0.135. The summed E-state index contributed by atoms with van der Waals surface area (Å²) in [6.07, 6.45) is 1.15.